The maximum atomic E-state index is 12.6. The molecule has 4 rings (SSSR count). The van der Waals surface area contributed by atoms with Gasteiger partial charge in [0.25, 0.3) is 0 Å². The minimum absolute atomic E-state index is 0.0548. The molecule has 0 aromatic heterocycles. The molecule has 2 aliphatic rings. The van der Waals surface area contributed by atoms with Crippen molar-refractivity contribution in [2.45, 2.75) is 39.7 Å². The third-order valence-corrected chi connectivity index (χ3v) is 6.25. The van der Waals surface area contributed by atoms with Gasteiger partial charge in [0.1, 0.15) is 24.7 Å². The summed E-state index contributed by atoms with van der Waals surface area (Å²) < 4.78 is 11.4. The van der Waals surface area contributed by atoms with Crippen LogP contribution in [0.3, 0.4) is 0 Å². The van der Waals surface area contributed by atoms with Gasteiger partial charge in [-0.25, -0.2) is 0 Å². The average molecular weight is 408 g/mol. The molecule has 0 radical (unpaired) electrons. The van der Waals surface area contributed by atoms with Crippen LogP contribution in [0.4, 0.5) is 0 Å². The Morgan fingerprint density at radius 3 is 2.60 bits per heavy atom. The molecule has 2 fully saturated rings. The molecule has 0 N–H and O–H groups in total. The SMILES string of the molecule is CC1(C)[C@H](C(=O)OCc2cccc(Oc3ccccc3)c2)[C@@H]1C=NOCC1CCC1. The summed E-state index contributed by atoms with van der Waals surface area (Å²) in [5, 5.41) is 4.10. The molecule has 2 aromatic rings. The second-order valence-electron chi connectivity index (χ2n) is 8.84. The molecule has 30 heavy (non-hydrogen) atoms. The topological polar surface area (TPSA) is 57.1 Å². The molecule has 2 atom stereocenters. The maximum Gasteiger partial charge on any atom is 0.310 e. The molecule has 2 saturated carbocycles. The first kappa shape index (κ1) is 20.5. The fraction of sp³-hybridized carbons (Fsp3) is 0.440. The molecule has 2 aromatic carbocycles. The maximum absolute atomic E-state index is 12.6. The van der Waals surface area contributed by atoms with Crippen molar-refractivity contribution in [2.24, 2.45) is 28.3 Å². The Morgan fingerprint density at radius 1 is 1.10 bits per heavy atom. The fourth-order valence-corrected chi connectivity index (χ4v) is 3.89. The second-order valence-corrected chi connectivity index (χ2v) is 8.84. The van der Waals surface area contributed by atoms with E-state index in [1.165, 1.54) is 19.3 Å². The van der Waals surface area contributed by atoms with Gasteiger partial charge in [-0.15, -0.1) is 0 Å². The Bertz CT molecular complexity index is 889. The van der Waals surface area contributed by atoms with Gasteiger partial charge in [-0.05, 0) is 54.0 Å². The van der Waals surface area contributed by atoms with Gasteiger partial charge in [-0.2, -0.15) is 0 Å². The molecule has 2 aliphatic carbocycles. The normalized spacial score (nSPS) is 22.3. The third-order valence-electron chi connectivity index (χ3n) is 6.25. The first-order valence-corrected chi connectivity index (χ1v) is 10.7. The highest BCUT2D eigenvalue weighted by atomic mass is 16.6. The van der Waals surface area contributed by atoms with E-state index in [2.05, 4.69) is 19.0 Å². The molecule has 0 spiro atoms. The first-order chi connectivity index (χ1) is 14.5. The van der Waals surface area contributed by atoms with Crippen molar-refractivity contribution in [1.29, 1.82) is 0 Å². The minimum Gasteiger partial charge on any atom is -0.461 e. The molecule has 158 valence electrons. The zero-order chi connectivity index (χ0) is 21.0. The zero-order valence-electron chi connectivity index (χ0n) is 17.6. The summed E-state index contributed by atoms with van der Waals surface area (Å²) in [6.07, 6.45) is 5.54. The van der Waals surface area contributed by atoms with E-state index in [-0.39, 0.29) is 29.8 Å². The first-order valence-electron chi connectivity index (χ1n) is 10.7. The number of ether oxygens (including phenoxy) is 2. The standard InChI is InChI=1S/C25H29NO4/c1-25(2)22(15-26-29-17-18-8-6-9-18)23(25)24(27)28-16-19-10-7-13-21(14-19)30-20-11-4-3-5-12-20/h3-5,7,10-15,18,22-23H,6,8-9,16-17H2,1-2H3/t22-,23-/m0/s1. The fourth-order valence-electron chi connectivity index (χ4n) is 3.89. The van der Waals surface area contributed by atoms with E-state index >= 15 is 0 Å². The number of carbonyl (C=O) groups is 1. The summed E-state index contributed by atoms with van der Waals surface area (Å²) in [5.41, 5.74) is 0.739. The van der Waals surface area contributed by atoms with E-state index in [0.29, 0.717) is 12.5 Å². The highest BCUT2D eigenvalue weighted by molar-refractivity contribution is 5.85. The molecule has 0 aliphatic heterocycles. The Kier molecular flexibility index (Phi) is 6.07. The van der Waals surface area contributed by atoms with Crippen molar-refractivity contribution in [1.82, 2.24) is 0 Å². The lowest BCUT2D eigenvalue weighted by molar-refractivity contribution is -0.147. The van der Waals surface area contributed by atoms with Crippen LogP contribution in [-0.4, -0.2) is 18.8 Å². The van der Waals surface area contributed by atoms with Crippen LogP contribution < -0.4 is 4.74 Å². The molecular weight excluding hydrogens is 378 g/mol. The van der Waals surface area contributed by atoms with Crippen LogP contribution in [0.2, 0.25) is 0 Å². The lowest BCUT2D eigenvalue weighted by Gasteiger charge is -2.23. The van der Waals surface area contributed by atoms with Gasteiger partial charge >= 0.3 is 5.97 Å². The number of para-hydroxylation sites is 1. The van der Waals surface area contributed by atoms with E-state index in [4.69, 9.17) is 14.3 Å². The minimum atomic E-state index is -0.190. The highest BCUT2D eigenvalue weighted by Crippen LogP contribution is 2.57. The number of nitrogens with zero attached hydrogens (tertiary/aromatic N) is 1. The zero-order valence-corrected chi connectivity index (χ0v) is 17.6. The summed E-state index contributed by atoms with van der Waals surface area (Å²) in [6, 6.07) is 17.2. The summed E-state index contributed by atoms with van der Waals surface area (Å²) in [7, 11) is 0. The van der Waals surface area contributed by atoms with Crippen LogP contribution in [0, 0.1) is 23.2 Å². The van der Waals surface area contributed by atoms with Crippen LogP contribution in [0.5, 0.6) is 11.5 Å². The largest absolute Gasteiger partial charge is 0.461 e. The summed E-state index contributed by atoms with van der Waals surface area (Å²) >= 11 is 0. The summed E-state index contributed by atoms with van der Waals surface area (Å²) in [5.74, 6) is 1.82. The monoisotopic (exact) mass is 407 g/mol. The van der Waals surface area contributed by atoms with Gasteiger partial charge < -0.3 is 14.3 Å². The number of oxime groups is 1. The van der Waals surface area contributed by atoms with Crippen LogP contribution in [0.1, 0.15) is 38.7 Å². The Balaban J connectivity index is 1.26. The number of esters is 1. The Morgan fingerprint density at radius 2 is 1.87 bits per heavy atom. The summed E-state index contributed by atoms with van der Waals surface area (Å²) in [6.45, 7) is 5.03. The molecule has 0 bridgehead atoms. The average Bonchev–Trinajstić information content (AvgIpc) is 3.26. The lowest BCUT2D eigenvalue weighted by atomic mass is 9.86. The van der Waals surface area contributed by atoms with E-state index in [1.807, 2.05) is 54.6 Å². The van der Waals surface area contributed by atoms with Crippen LogP contribution in [0.15, 0.2) is 59.8 Å². The van der Waals surface area contributed by atoms with Crippen molar-refractivity contribution in [3.05, 3.63) is 60.2 Å². The van der Waals surface area contributed by atoms with Crippen molar-refractivity contribution >= 4 is 12.2 Å². The van der Waals surface area contributed by atoms with E-state index in [0.717, 1.165) is 17.1 Å². The van der Waals surface area contributed by atoms with Crippen molar-refractivity contribution in [2.75, 3.05) is 6.61 Å². The highest BCUT2D eigenvalue weighted by Gasteiger charge is 2.62. The van der Waals surface area contributed by atoms with Gasteiger partial charge in [0.2, 0.25) is 0 Å². The molecule has 5 heteroatoms. The van der Waals surface area contributed by atoms with Crippen molar-refractivity contribution in [3.63, 3.8) is 0 Å². The molecule has 0 unspecified atom stereocenters. The van der Waals surface area contributed by atoms with Gasteiger partial charge in [0.15, 0.2) is 0 Å². The second kappa shape index (κ2) is 8.90. The number of hydrogen-bond acceptors (Lipinski definition) is 5. The van der Waals surface area contributed by atoms with Crippen LogP contribution in [-0.2, 0) is 21.0 Å². The van der Waals surface area contributed by atoms with Crippen molar-refractivity contribution < 1.29 is 19.1 Å². The third kappa shape index (κ3) is 4.84. The molecule has 0 heterocycles. The Labute approximate surface area is 178 Å². The number of rotatable bonds is 9. The van der Waals surface area contributed by atoms with Crippen LogP contribution in [0.25, 0.3) is 0 Å². The number of hydrogen-bond donors (Lipinski definition) is 0. The van der Waals surface area contributed by atoms with E-state index in [1.54, 1.807) is 6.21 Å². The number of carbonyl (C=O) groups excluding carboxylic acids is 1. The summed E-state index contributed by atoms with van der Waals surface area (Å²) in [4.78, 5) is 18.0. The molecular formula is C25H29NO4. The number of benzene rings is 2. The van der Waals surface area contributed by atoms with E-state index < -0.39 is 0 Å². The Hall–Kier alpha value is -2.82. The lowest BCUT2D eigenvalue weighted by Crippen LogP contribution is -2.16. The predicted octanol–water partition coefficient (Wildman–Crippen LogP) is 5.60. The smallest absolute Gasteiger partial charge is 0.310 e. The van der Waals surface area contributed by atoms with E-state index in [9.17, 15) is 4.79 Å². The van der Waals surface area contributed by atoms with Gasteiger partial charge in [0.05, 0.1) is 5.92 Å². The van der Waals surface area contributed by atoms with Crippen LogP contribution >= 0.6 is 0 Å². The van der Waals surface area contributed by atoms with Gasteiger partial charge in [-0.1, -0.05) is 55.8 Å². The molecule has 5 nitrogen and oxygen atoms in total. The predicted molar refractivity (Wildman–Crippen MR) is 115 cm³/mol. The molecule has 0 amide bonds. The molecule has 0 saturated heterocycles. The van der Waals surface area contributed by atoms with Gasteiger partial charge in [0, 0.05) is 12.1 Å². The van der Waals surface area contributed by atoms with Gasteiger partial charge in [-0.3, -0.25) is 4.79 Å². The van der Waals surface area contributed by atoms with Crippen molar-refractivity contribution in [3.8, 4) is 11.5 Å². The quantitative estimate of drug-likeness (QED) is 0.309.